The summed E-state index contributed by atoms with van der Waals surface area (Å²) in [5.74, 6) is -0.0422. The number of hydrogen-bond acceptors (Lipinski definition) is 6. The van der Waals surface area contributed by atoms with Crippen molar-refractivity contribution >= 4 is 27.5 Å². The number of aryl methyl sites for hydroxylation is 1. The van der Waals surface area contributed by atoms with Gasteiger partial charge in [0.05, 0.1) is 17.4 Å². The molecular formula is C17H22BrN5O2. The number of halogens is 1. The van der Waals surface area contributed by atoms with E-state index in [1.54, 1.807) is 7.11 Å². The number of carbonyl (C=O) groups is 1. The number of carbonyl (C=O) groups excluding carboxylic acids is 1. The van der Waals surface area contributed by atoms with Crippen LogP contribution in [0.2, 0.25) is 0 Å². The Labute approximate surface area is 155 Å². The van der Waals surface area contributed by atoms with Crippen LogP contribution in [0.15, 0.2) is 34.4 Å². The average molecular weight is 408 g/mol. The normalized spacial score (nSPS) is 29.6. The van der Waals surface area contributed by atoms with Crippen LogP contribution < -0.4 is 21.1 Å². The number of nitrogens with one attached hydrogen (secondary N) is 3. The Morgan fingerprint density at radius 2 is 2.20 bits per heavy atom. The van der Waals surface area contributed by atoms with Crippen molar-refractivity contribution < 1.29 is 9.53 Å². The first-order valence-corrected chi connectivity index (χ1v) is 9.21. The maximum atomic E-state index is 12.6. The molecule has 3 unspecified atom stereocenters. The molecule has 0 bridgehead atoms. The summed E-state index contributed by atoms with van der Waals surface area (Å²) in [5.41, 5.74) is 6.22. The topological polar surface area (TPSA) is 68.9 Å². The Hall–Kier alpha value is -1.45. The number of fused-ring (bicyclic) bond motifs is 1. The second-order valence-corrected chi connectivity index (χ2v) is 7.55. The van der Waals surface area contributed by atoms with Crippen LogP contribution >= 0.6 is 15.9 Å². The first kappa shape index (κ1) is 17.0. The molecule has 3 atom stereocenters. The summed E-state index contributed by atoms with van der Waals surface area (Å²) in [6.07, 6.45) is 2.68. The molecule has 1 aromatic carbocycles. The summed E-state index contributed by atoms with van der Waals surface area (Å²) in [6.45, 7) is 3.77. The minimum Gasteiger partial charge on any atom is -0.380 e. The summed E-state index contributed by atoms with van der Waals surface area (Å²) in [4.78, 5) is 14.8. The molecule has 2 fully saturated rings. The van der Waals surface area contributed by atoms with Gasteiger partial charge < -0.3 is 10.1 Å². The standard InChI is InChI=1S/C17H22BrN5O2/c1-10-7-11(18)3-4-14(10)23-9-13-15(21-23)19-17(20-16(13)24)22-6-5-12(8-22)25-2/h3-4,7,9,12,15,17,19,21H,5-6,8H2,1-2H3,(H,20,24). The molecule has 7 nitrogen and oxygen atoms in total. The highest BCUT2D eigenvalue weighted by Crippen LogP contribution is 2.27. The number of amides is 1. The molecule has 0 spiro atoms. The summed E-state index contributed by atoms with van der Waals surface area (Å²) in [7, 11) is 1.73. The number of rotatable bonds is 3. The lowest BCUT2D eigenvalue weighted by atomic mass is 10.2. The van der Waals surface area contributed by atoms with Crippen LogP contribution in [0.3, 0.4) is 0 Å². The Balaban J connectivity index is 1.49. The molecule has 3 aliphatic heterocycles. The van der Waals surface area contributed by atoms with Gasteiger partial charge in [0.25, 0.3) is 5.91 Å². The van der Waals surface area contributed by atoms with Crippen LogP contribution in [-0.4, -0.2) is 49.6 Å². The Morgan fingerprint density at radius 1 is 1.36 bits per heavy atom. The largest absolute Gasteiger partial charge is 0.380 e. The highest BCUT2D eigenvalue weighted by atomic mass is 79.9. The number of benzene rings is 1. The van der Waals surface area contributed by atoms with Crippen LogP contribution in [0.1, 0.15) is 12.0 Å². The summed E-state index contributed by atoms with van der Waals surface area (Å²) in [6, 6.07) is 6.08. The number of methoxy groups -OCH3 is 1. The first-order chi connectivity index (χ1) is 12.0. The third kappa shape index (κ3) is 3.20. The van der Waals surface area contributed by atoms with Crippen molar-refractivity contribution in [3.63, 3.8) is 0 Å². The predicted octanol–water partition coefficient (Wildman–Crippen LogP) is 1.02. The van der Waals surface area contributed by atoms with E-state index in [1.807, 2.05) is 30.3 Å². The molecule has 3 aliphatic rings. The number of nitrogens with zero attached hydrogens (tertiary/aromatic N) is 2. The summed E-state index contributed by atoms with van der Waals surface area (Å²) in [5, 5.41) is 8.43. The van der Waals surface area contributed by atoms with Crippen molar-refractivity contribution in [3.8, 4) is 0 Å². The van der Waals surface area contributed by atoms with Gasteiger partial charge in [0.15, 0.2) is 0 Å². The van der Waals surface area contributed by atoms with Crippen molar-refractivity contribution in [1.29, 1.82) is 0 Å². The van der Waals surface area contributed by atoms with Crippen molar-refractivity contribution in [1.82, 2.24) is 21.0 Å². The van der Waals surface area contributed by atoms with Crippen molar-refractivity contribution in [2.75, 3.05) is 25.2 Å². The number of ether oxygens (including phenoxy) is 1. The first-order valence-electron chi connectivity index (χ1n) is 8.42. The second kappa shape index (κ2) is 6.69. The highest BCUT2D eigenvalue weighted by molar-refractivity contribution is 9.10. The molecule has 2 saturated heterocycles. The van der Waals surface area contributed by atoms with E-state index >= 15 is 0 Å². The molecule has 25 heavy (non-hydrogen) atoms. The predicted molar refractivity (Wildman–Crippen MR) is 98.4 cm³/mol. The van der Waals surface area contributed by atoms with Gasteiger partial charge in [0.2, 0.25) is 0 Å². The van der Waals surface area contributed by atoms with Gasteiger partial charge in [-0.15, -0.1) is 0 Å². The van der Waals surface area contributed by atoms with Crippen LogP contribution in [0.25, 0.3) is 0 Å². The smallest absolute Gasteiger partial charge is 0.254 e. The number of anilines is 1. The summed E-state index contributed by atoms with van der Waals surface area (Å²) < 4.78 is 6.46. The number of likely N-dealkylation sites (tertiary alicyclic amines) is 1. The third-order valence-corrected chi connectivity index (χ3v) is 5.49. The average Bonchev–Trinajstić information content (AvgIpc) is 3.21. The lowest BCUT2D eigenvalue weighted by molar-refractivity contribution is -0.122. The van der Waals surface area contributed by atoms with E-state index in [0.29, 0.717) is 5.57 Å². The molecule has 0 aliphatic carbocycles. The van der Waals surface area contributed by atoms with Gasteiger partial charge in [-0.2, -0.15) is 0 Å². The second-order valence-electron chi connectivity index (χ2n) is 6.63. The van der Waals surface area contributed by atoms with E-state index in [0.717, 1.165) is 35.2 Å². The van der Waals surface area contributed by atoms with E-state index in [2.05, 4.69) is 43.0 Å². The lowest BCUT2D eigenvalue weighted by Crippen LogP contribution is -2.66. The van der Waals surface area contributed by atoms with Gasteiger partial charge in [-0.1, -0.05) is 15.9 Å². The number of hydrazine groups is 1. The molecule has 134 valence electrons. The Kier molecular flexibility index (Phi) is 4.55. The quantitative estimate of drug-likeness (QED) is 0.694. The van der Waals surface area contributed by atoms with Gasteiger partial charge >= 0.3 is 0 Å². The van der Waals surface area contributed by atoms with E-state index in [1.165, 1.54) is 0 Å². The van der Waals surface area contributed by atoms with Crippen LogP contribution in [0.4, 0.5) is 5.69 Å². The zero-order valence-corrected chi connectivity index (χ0v) is 15.8. The fourth-order valence-electron chi connectivity index (χ4n) is 3.59. The molecule has 8 heteroatoms. The van der Waals surface area contributed by atoms with Gasteiger partial charge in [-0.05, 0) is 37.1 Å². The zero-order valence-electron chi connectivity index (χ0n) is 14.3. The molecule has 1 aromatic rings. The van der Waals surface area contributed by atoms with Gasteiger partial charge in [0, 0.05) is 30.9 Å². The van der Waals surface area contributed by atoms with E-state index in [4.69, 9.17) is 4.74 Å². The van der Waals surface area contributed by atoms with Gasteiger partial charge in [0.1, 0.15) is 12.5 Å². The third-order valence-electron chi connectivity index (χ3n) is 5.00. The van der Waals surface area contributed by atoms with Crippen molar-refractivity contribution in [3.05, 3.63) is 40.0 Å². The number of hydrogen-bond donors (Lipinski definition) is 3. The fraction of sp³-hybridized carbons (Fsp3) is 0.471. The maximum Gasteiger partial charge on any atom is 0.254 e. The molecule has 3 heterocycles. The molecule has 3 N–H and O–H groups in total. The molecule has 0 radical (unpaired) electrons. The molecule has 0 aromatic heterocycles. The van der Waals surface area contributed by atoms with E-state index in [9.17, 15) is 4.79 Å². The van der Waals surface area contributed by atoms with E-state index in [-0.39, 0.29) is 24.5 Å². The molecule has 0 saturated carbocycles. The van der Waals surface area contributed by atoms with Crippen LogP contribution in [-0.2, 0) is 9.53 Å². The highest BCUT2D eigenvalue weighted by Gasteiger charge is 2.40. The minimum absolute atomic E-state index is 0.0422. The van der Waals surface area contributed by atoms with E-state index < -0.39 is 0 Å². The zero-order chi connectivity index (χ0) is 17.6. The fourth-order valence-corrected chi connectivity index (χ4v) is 4.06. The monoisotopic (exact) mass is 407 g/mol. The molecular weight excluding hydrogens is 386 g/mol. The van der Waals surface area contributed by atoms with Crippen LogP contribution in [0.5, 0.6) is 0 Å². The molecule has 1 amide bonds. The van der Waals surface area contributed by atoms with Crippen molar-refractivity contribution in [2.45, 2.75) is 31.9 Å². The lowest BCUT2D eigenvalue weighted by Gasteiger charge is -2.36. The maximum absolute atomic E-state index is 12.6. The van der Waals surface area contributed by atoms with Crippen LogP contribution in [0, 0.1) is 6.92 Å². The van der Waals surface area contributed by atoms with Crippen molar-refractivity contribution in [2.24, 2.45) is 0 Å². The Morgan fingerprint density at radius 3 is 2.92 bits per heavy atom. The molecule has 4 rings (SSSR count). The van der Waals surface area contributed by atoms with Gasteiger partial charge in [-0.25, -0.2) is 5.43 Å². The minimum atomic E-state index is -0.205. The SMILES string of the molecule is COC1CCN(C2NC(=O)C3=CN(c4ccc(Br)cc4C)NC3N2)C1. The Bertz CT molecular complexity index is 725. The summed E-state index contributed by atoms with van der Waals surface area (Å²) >= 11 is 3.49. The van der Waals surface area contributed by atoms with Gasteiger partial charge in [-0.3, -0.25) is 20.0 Å².